The Balaban J connectivity index is 1.50. The predicted molar refractivity (Wildman–Crippen MR) is 128 cm³/mol. The number of imide groups is 1. The highest BCUT2D eigenvalue weighted by Crippen LogP contribution is 2.50. The summed E-state index contributed by atoms with van der Waals surface area (Å²) in [5, 5.41) is 11.4. The molecule has 1 aliphatic carbocycles. The monoisotopic (exact) mass is 502 g/mol. The van der Waals surface area contributed by atoms with E-state index in [1.807, 2.05) is 36.6 Å². The van der Waals surface area contributed by atoms with Crippen LogP contribution < -0.4 is 4.74 Å². The quantitative estimate of drug-likeness (QED) is 0.577. The number of carbonyl (C=O) groups is 3. The molecule has 1 saturated carbocycles. The van der Waals surface area contributed by atoms with Gasteiger partial charge in [0.15, 0.2) is 0 Å². The summed E-state index contributed by atoms with van der Waals surface area (Å²) in [4.78, 5) is 42.0. The molecule has 2 unspecified atom stereocenters. The highest BCUT2D eigenvalue weighted by atomic mass is 32.2. The summed E-state index contributed by atoms with van der Waals surface area (Å²) >= 11 is 1.43. The second kappa shape index (κ2) is 9.48. The number of carboxylic acid groups (broad SMARTS) is 1. The normalized spacial score (nSPS) is 26.9. The Hall–Kier alpha value is -2.56. The lowest BCUT2D eigenvalue weighted by molar-refractivity contribution is -0.153. The maximum Gasteiger partial charge on any atom is 0.330 e. The van der Waals surface area contributed by atoms with E-state index in [4.69, 9.17) is 14.2 Å². The Morgan fingerprint density at radius 1 is 1.26 bits per heavy atom. The first kappa shape index (κ1) is 24.1. The van der Waals surface area contributed by atoms with Gasteiger partial charge in [-0.3, -0.25) is 4.79 Å². The van der Waals surface area contributed by atoms with E-state index in [9.17, 15) is 19.5 Å². The van der Waals surface area contributed by atoms with Gasteiger partial charge >= 0.3 is 12.0 Å². The van der Waals surface area contributed by atoms with Crippen molar-refractivity contribution in [2.75, 3.05) is 26.9 Å². The van der Waals surface area contributed by atoms with Crippen molar-refractivity contribution in [2.24, 2.45) is 5.92 Å². The number of hydrogen-bond acceptors (Lipinski definition) is 7. The number of amides is 3. The molecule has 3 atom stereocenters. The summed E-state index contributed by atoms with van der Waals surface area (Å²) in [5.74, 6) is -1.48. The Kier molecular flexibility index (Phi) is 6.54. The van der Waals surface area contributed by atoms with Gasteiger partial charge in [-0.05, 0) is 44.1 Å². The molecular formula is C25H30N2O7S. The van der Waals surface area contributed by atoms with Crippen LogP contribution in [0.1, 0.15) is 44.3 Å². The van der Waals surface area contributed by atoms with Crippen molar-refractivity contribution in [3.05, 3.63) is 40.8 Å². The molecule has 1 aromatic rings. The number of rotatable bonds is 8. The van der Waals surface area contributed by atoms with Gasteiger partial charge in [0.05, 0.1) is 31.1 Å². The van der Waals surface area contributed by atoms with Gasteiger partial charge in [0.25, 0.3) is 0 Å². The summed E-state index contributed by atoms with van der Waals surface area (Å²) in [6.07, 6.45) is 1.47. The fraction of sp³-hybridized carbons (Fsp3) is 0.560. The minimum absolute atomic E-state index is 0.0445. The minimum Gasteiger partial charge on any atom is -0.496 e. The molecule has 2 saturated heterocycles. The minimum atomic E-state index is -1.45. The van der Waals surface area contributed by atoms with E-state index in [1.165, 1.54) is 11.8 Å². The molecule has 3 amide bonds. The van der Waals surface area contributed by atoms with Crippen molar-refractivity contribution in [1.82, 2.24) is 9.80 Å². The number of nitrogens with zero attached hydrogens (tertiary/aromatic N) is 2. The molecule has 9 nitrogen and oxygen atoms in total. The fourth-order valence-corrected chi connectivity index (χ4v) is 6.50. The van der Waals surface area contributed by atoms with Crippen LogP contribution in [0, 0.1) is 5.92 Å². The van der Waals surface area contributed by atoms with Crippen molar-refractivity contribution in [3.63, 3.8) is 0 Å². The lowest BCUT2D eigenvalue weighted by Crippen LogP contribution is -2.65. The maximum atomic E-state index is 13.8. The molecule has 0 radical (unpaired) electrons. The first-order chi connectivity index (χ1) is 16.9. The van der Waals surface area contributed by atoms with E-state index in [2.05, 4.69) is 0 Å². The molecule has 0 aromatic heterocycles. The summed E-state index contributed by atoms with van der Waals surface area (Å²) in [6.45, 7) is 3.25. The number of hydrogen-bond donors (Lipinski definition) is 1. The average Bonchev–Trinajstić information content (AvgIpc) is 3.57. The highest BCUT2D eigenvalue weighted by Gasteiger charge is 2.64. The molecule has 3 fully saturated rings. The van der Waals surface area contributed by atoms with Gasteiger partial charge in [-0.15, -0.1) is 11.8 Å². The summed E-state index contributed by atoms with van der Waals surface area (Å²) in [6, 6.07) is 6.98. The number of fused-ring (bicyclic) bond motifs is 1. The molecule has 188 valence electrons. The van der Waals surface area contributed by atoms with E-state index >= 15 is 0 Å². The van der Waals surface area contributed by atoms with E-state index in [0.717, 1.165) is 28.9 Å². The zero-order valence-corrected chi connectivity index (χ0v) is 20.7. The SMILES string of the molecule is COc1ccccc1[C@H](CN1C(=O)N(C2(C(=O)O)CC2)C(=O)C2C(C)=CSC21)OC1CCOCC1. The predicted octanol–water partition coefficient (Wildman–Crippen LogP) is 3.41. The number of benzene rings is 1. The molecule has 5 rings (SSSR count). The average molecular weight is 503 g/mol. The van der Waals surface area contributed by atoms with Gasteiger partial charge in [-0.25, -0.2) is 14.5 Å². The molecule has 35 heavy (non-hydrogen) atoms. The Morgan fingerprint density at radius 3 is 2.63 bits per heavy atom. The topological polar surface area (TPSA) is 106 Å². The van der Waals surface area contributed by atoms with Crippen LogP contribution in [0.5, 0.6) is 5.75 Å². The third-order valence-corrected chi connectivity index (χ3v) is 8.64. The van der Waals surface area contributed by atoms with Crippen molar-refractivity contribution in [1.29, 1.82) is 0 Å². The molecule has 3 aliphatic heterocycles. The number of urea groups is 1. The van der Waals surface area contributed by atoms with Crippen molar-refractivity contribution in [3.8, 4) is 5.75 Å². The Morgan fingerprint density at radius 2 is 1.97 bits per heavy atom. The van der Waals surface area contributed by atoms with Crippen LogP contribution in [-0.4, -0.2) is 76.7 Å². The molecule has 1 aromatic carbocycles. The molecule has 0 spiro atoms. The Labute approximate surface area is 208 Å². The van der Waals surface area contributed by atoms with Crippen LogP contribution in [-0.2, 0) is 19.1 Å². The molecule has 4 aliphatic rings. The first-order valence-electron chi connectivity index (χ1n) is 11.9. The number of aliphatic carboxylic acids is 1. The standard InChI is InChI=1S/C25H30N2O7S/c1-15-14-35-22-20(15)21(28)27(25(9-10-25)23(29)30)24(31)26(22)13-19(34-16-7-11-33-12-8-16)17-5-3-4-6-18(17)32-2/h3-6,14,16,19-20,22H,7-13H2,1-2H3,(H,29,30)/t19-,20?,22?/m0/s1. The second-order valence-electron chi connectivity index (χ2n) is 9.49. The third-order valence-electron chi connectivity index (χ3n) is 7.32. The number of methoxy groups -OCH3 is 1. The van der Waals surface area contributed by atoms with Gasteiger partial charge in [-0.2, -0.15) is 0 Å². The van der Waals surface area contributed by atoms with Crippen LogP contribution >= 0.6 is 11.8 Å². The van der Waals surface area contributed by atoms with Gasteiger partial charge in [0.1, 0.15) is 17.4 Å². The number of carbonyl (C=O) groups excluding carboxylic acids is 2. The van der Waals surface area contributed by atoms with E-state index in [-0.39, 0.29) is 25.5 Å². The number of ether oxygens (including phenoxy) is 3. The van der Waals surface area contributed by atoms with Crippen molar-refractivity contribution in [2.45, 2.75) is 55.7 Å². The van der Waals surface area contributed by atoms with Crippen LogP contribution in [0.4, 0.5) is 4.79 Å². The molecular weight excluding hydrogens is 472 g/mol. The van der Waals surface area contributed by atoms with Gasteiger partial charge in [-0.1, -0.05) is 23.8 Å². The van der Waals surface area contributed by atoms with Gasteiger partial charge in [0.2, 0.25) is 5.91 Å². The van der Waals surface area contributed by atoms with E-state index < -0.39 is 40.8 Å². The number of carboxylic acids is 1. The third kappa shape index (κ3) is 4.21. The maximum absolute atomic E-state index is 13.8. The molecule has 0 bridgehead atoms. The molecule has 1 N–H and O–H groups in total. The molecule has 10 heteroatoms. The largest absolute Gasteiger partial charge is 0.496 e. The Bertz CT molecular complexity index is 1050. The lowest BCUT2D eigenvalue weighted by Gasteiger charge is -2.45. The van der Waals surface area contributed by atoms with Crippen molar-refractivity contribution < 1.29 is 33.7 Å². The van der Waals surface area contributed by atoms with Crippen molar-refractivity contribution >= 4 is 29.7 Å². The fourth-order valence-electron chi connectivity index (χ4n) is 5.19. The van der Waals surface area contributed by atoms with Crippen LogP contribution in [0.15, 0.2) is 35.2 Å². The van der Waals surface area contributed by atoms with E-state index in [1.54, 1.807) is 12.0 Å². The number of para-hydroxylation sites is 1. The summed E-state index contributed by atoms with van der Waals surface area (Å²) in [5.41, 5.74) is 0.195. The summed E-state index contributed by atoms with van der Waals surface area (Å²) < 4.78 is 17.6. The smallest absolute Gasteiger partial charge is 0.330 e. The van der Waals surface area contributed by atoms with Crippen LogP contribution in [0.25, 0.3) is 0 Å². The van der Waals surface area contributed by atoms with E-state index in [0.29, 0.717) is 19.0 Å². The second-order valence-corrected chi connectivity index (χ2v) is 10.5. The molecule has 3 heterocycles. The highest BCUT2D eigenvalue weighted by molar-refractivity contribution is 8.03. The lowest BCUT2D eigenvalue weighted by atomic mass is 9.95. The summed E-state index contributed by atoms with van der Waals surface area (Å²) in [7, 11) is 1.59. The van der Waals surface area contributed by atoms with Gasteiger partial charge < -0.3 is 24.2 Å². The van der Waals surface area contributed by atoms with Gasteiger partial charge in [0, 0.05) is 18.8 Å². The first-order valence-corrected chi connectivity index (χ1v) is 12.9. The zero-order chi connectivity index (χ0) is 24.7. The van der Waals surface area contributed by atoms with Crippen LogP contribution in [0.2, 0.25) is 0 Å². The number of thioether (sulfide) groups is 1. The zero-order valence-electron chi connectivity index (χ0n) is 19.8. The van der Waals surface area contributed by atoms with Crippen LogP contribution in [0.3, 0.4) is 0 Å².